The summed E-state index contributed by atoms with van der Waals surface area (Å²) in [7, 11) is 0. The molecule has 15 heteroatoms. The number of unbranched alkanes of at least 4 members (excludes halogenated alkanes) is 13. The molecule has 5 rings (SSSR count). The van der Waals surface area contributed by atoms with Crippen LogP contribution in [-0.2, 0) is 64.8 Å². The third-order valence-corrected chi connectivity index (χ3v) is 18.1. The van der Waals surface area contributed by atoms with Gasteiger partial charge in [-0.3, -0.25) is 14.0 Å². The van der Waals surface area contributed by atoms with Crippen LogP contribution in [0.5, 0.6) is 0 Å². The third-order valence-electron chi connectivity index (χ3n) is 18.1. The first-order valence-corrected chi connectivity index (χ1v) is 40.8. The predicted octanol–water partition coefficient (Wildman–Crippen LogP) is 23.1. The average Bonchev–Trinajstić information content (AvgIpc) is 1.94. The highest BCUT2D eigenvalue weighted by atomic mass is 15.4. The van der Waals surface area contributed by atoms with Crippen molar-refractivity contribution < 1.29 is 0 Å². The fourth-order valence-corrected chi connectivity index (χ4v) is 11.7. The zero-order chi connectivity index (χ0) is 71.9. The van der Waals surface area contributed by atoms with E-state index in [-0.39, 0.29) is 0 Å². The summed E-state index contributed by atoms with van der Waals surface area (Å²) in [4.78, 5) is 0. The van der Waals surface area contributed by atoms with Gasteiger partial charge in [0, 0.05) is 51.3 Å². The number of aryl methyl sites for hydroxylation is 10. The molecule has 562 valence electrons. The highest BCUT2D eigenvalue weighted by Gasteiger charge is 2.10. The number of nitrogens with zero attached hydrogens (tertiary/aromatic N) is 15. The zero-order valence-electron chi connectivity index (χ0n) is 67.6. The molecular formula is C82H159N15. The van der Waals surface area contributed by atoms with Gasteiger partial charge in [0.25, 0.3) is 0 Å². The Hall–Kier alpha value is -4.30. The second-order valence-electron chi connectivity index (χ2n) is 33.2. The van der Waals surface area contributed by atoms with Crippen molar-refractivity contribution in [2.75, 3.05) is 0 Å². The van der Waals surface area contributed by atoms with Gasteiger partial charge in [0.15, 0.2) is 0 Å². The number of hydrogen-bond acceptors (Lipinski definition) is 10. The van der Waals surface area contributed by atoms with Gasteiger partial charge in [-0.1, -0.05) is 293 Å². The molecule has 0 bridgehead atoms. The molecule has 0 N–H and O–H groups in total. The molecule has 0 aliphatic heterocycles. The summed E-state index contributed by atoms with van der Waals surface area (Å²) in [6.45, 7) is 50.8. The van der Waals surface area contributed by atoms with E-state index in [0.29, 0.717) is 0 Å². The second-order valence-corrected chi connectivity index (χ2v) is 33.2. The molecule has 0 aromatic carbocycles. The SMILES string of the molecule is CC(C)CCCCCCCc1cnnn1CCC(C)C.CC(C)CCCCCc1cn(CCCC(C)C)nn1.CC(C)CCCCCc1cn(CCCC(C)C)nn1.CC(C)CCCCCc1cnnn1CCCCC(C)C.CC(C)CCCCCn1cc(CCCC(C)C)nn1. The zero-order valence-corrected chi connectivity index (χ0v) is 67.6. The summed E-state index contributed by atoms with van der Waals surface area (Å²) in [5, 5.41) is 42.0. The van der Waals surface area contributed by atoms with Crippen LogP contribution in [0.2, 0.25) is 0 Å². The van der Waals surface area contributed by atoms with E-state index in [1.807, 2.05) is 26.4 Å². The molecular weight excluding hydrogens is 1200 g/mol. The van der Waals surface area contributed by atoms with E-state index >= 15 is 0 Å². The van der Waals surface area contributed by atoms with Crippen LogP contribution in [0.3, 0.4) is 0 Å². The van der Waals surface area contributed by atoms with Crippen molar-refractivity contribution >= 4 is 0 Å². The smallest absolute Gasteiger partial charge is 0.0827 e. The van der Waals surface area contributed by atoms with Gasteiger partial charge < -0.3 is 0 Å². The summed E-state index contributed by atoms with van der Waals surface area (Å²) in [6, 6.07) is 0. The lowest BCUT2D eigenvalue weighted by molar-refractivity contribution is 0.462. The molecule has 0 atom stereocenters. The lowest BCUT2D eigenvalue weighted by Crippen LogP contribution is -2.07. The normalized spacial score (nSPS) is 11.7. The monoisotopic (exact) mass is 1350 g/mol. The van der Waals surface area contributed by atoms with Crippen molar-refractivity contribution in [3.63, 3.8) is 0 Å². The fraction of sp³-hybridized carbons (Fsp3) is 0.878. The van der Waals surface area contributed by atoms with Gasteiger partial charge in [0.2, 0.25) is 0 Å². The van der Waals surface area contributed by atoms with E-state index in [1.54, 1.807) is 0 Å². The maximum absolute atomic E-state index is 4.26. The maximum atomic E-state index is 4.26. The van der Waals surface area contributed by atoms with Gasteiger partial charge in [0.05, 0.1) is 40.9 Å². The van der Waals surface area contributed by atoms with Gasteiger partial charge in [-0.25, -0.2) is 9.36 Å². The van der Waals surface area contributed by atoms with Crippen LogP contribution in [0.4, 0.5) is 0 Å². The van der Waals surface area contributed by atoms with Gasteiger partial charge >= 0.3 is 0 Å². The van der Waals surface area contributed by atoms with Gasteiger partial charge in [-0.15, -0.1) is 25.5 Å². The Kier molecular flexibility index (Phi) is 55.5. The Labute approximate surface area is 599 Å². The van der Waals surface area contributed by atoms with Gasteiger partial charge in [-0.2, -0.15) is 0 Å². The highest BCUT2D eigenvalue weighted by Crippen LogP contribution is 2.18. The predicted molar refractivity (Wildman–Crippen MR) is 415 cm³/mol. The van der Waals surface area contributed by atoms with E-state index < -0.39 is 0 Å². The quantitative estimate of drug-likeness (QED) is 0.0344. The molecule has 5 aromatic heterocycles. The minimum absolute atomic E-state index is 0.730. The molecule has 0 aliphatic carbocycles. The molecule has 15 nitrogen and oxygen atoms in total. The van der Waals surface area contributed by atoms with Crippen LogP contribution in [-0.4, -0.2) is 75.0 Å². The topological polar surface area (TPSA) is 154 Å². The molecule has 0 spiro atoms. The van der Waals surface area contributed by atoms with E-state index in [2.05, 4.69) is 218 Å². The van der Waals surface area contributed by atoms with Gasteiger partial charge in [0.1, 0.15) is 0 Å². The van der Waals surface area contributed by atoms with Crippen LogP contribution in [0, 0.1) is 59.2 Å². The van der Waals surface area contributed by atoms with E-state index in [0.717, 1.165) is 141 Å². The molecule has 0 unspecified atom stereocenters. The minimum Gasteiger partial charge on any atom is -0.252 e. The van der Waals surface area contributed by atoms with E-state index in [4.69, 9.17) is 0 Å². The van der Waals surface area contributed by atoms with Crippen molar-refractivity contribution in [2.45, 2.75) is 409 Å². The maximum Gasteiger partial charge on any atom is 0.0827 e. The van der Waals surface area contributed by atoms with Crippen molar-refractivity contribution in [3.05, 3.63) is 59.5 Å². The van der Waals surface area contributed by atoms with Crippen LogP contribution < -0.4 is 0 Å². The molecule has 0 saturated carbocycles. The van der Waals surface area contributed by atoms with Crippen LogP contribution in [0.15, 0.2) is 31.0 Å². The summed E-state index contributed by atoms with van der Waals surface area (Å²) >= 11 is 0. The van der Waals surface area contributed by atoms with Crippen molar-refractivity contribution in [2.24, 2.45) is 59.2 Å². The molecule has 0 amide bonds. The van der Waals surface area contributed by atoms with E-state index in [1.165, 1.54) is 217 Å². The first kappa shape index (κ1) is 90.7. The largest absolute Gasteiger partial charge is 0.252 e. The summed E-state index contributed by atoms with van der Waals surface area (Å²) in [5.41, 5.74) is 6.11. The summed E-state index contributed by atoms with van der Waals surface area (Å²) in [5.74, 6) is 8.09. The number of hydrogen-bond donors (Lipinski definition) is 0. The standard InChI is InChI=1S/2C17H33N3.3C16H31N3/c1-15(2)10-6-5-7-12-17-14-18-19-20(17)13-9-8-11-16(3)4;1-15(2)10-8-6-5-7-9-11-17-14-18-19-20(17)13-12-16(3)4;1-14(2)9-6-5-7-12-19-13-16(17-18-19)11-8-10-15(3)4;2*1-14(2)9-6-5-7-11-16-13-19(18-17-16)12-8-10-15(3)4/h2*14-16H,5-13H2,1-4H3;3*13-15H,5-12H2,1-4H3. The third kappa shape index (κ3) is 56.1. The first-order valence-electron chi connectivity index (χ1n) is 40.8. The fourth-order valence-electron chi connectivity index (χ4n) is 11.7. The Morgan fingerprint density at radius 3 is 0.835 bits per heavy atom. The Bertz CT molecular complexity index is 2290. The number of rotatable bonds is 52. The first-order chi connectivity index (χ1) is 46.4. The van der Waals surface area contributed by atoms with Gasteiger partial charge in [-0.05, 0) is 168 Å². The minimum atomic E-state index is 0.730. The Balaban J connectivity index is 0.000000606. The summed E-state index contributed by atoms with van der Waals surface area (Å²) < 4.78 is 10.2. The van der Waals surface area contributed by atoms with Crippen molar-refractivity contribution in [3.8, 4) is 0 Å². The molecule has 0 saturated heterocycles. The average molecular weight is 1360 g/mol. The number of aromatic nitrogens is 15. The van der Waals surface area contributed by atoms with Crippen molar-refractivity contribution in [1.82, 2.24) is 75.0 Å². The van der Waals surface area contributed by atoms with E-state index in [9.17, 15) is 0 Å². The molecule has 97 heavy (non-hydrogen) atoms. The summed E-state index contributed by atoms with van der Waals surface area (Å²) in [6.07, 6.45) is 57.5. The molecule has 5 aromatic rings. The highest BCUT2D eigenvalue weighted by molar-refractivity contribution is 4.96. The second kappa shape index (κ2) is 59.4. The Morgan fingerprint density at radius 1 is 0.227 bits per heavy atom. The lowest BCUT2D eigenvalue weighted by atomic mass is 10.0. The Morgan fingerprint density at radius 2 is 0.474 bits per heavy atom. The van der Waals surface area contributed by atoms with Crippen LogP contribution in [0.1, 0.15) is 372 Å². The molecule has 0 aliphatic rings. The molecule has 0 radical (unpaired) electrons. The lowest BCUT2D eigenvalue weighted by Gasteiger charge is -2.08. The van der Waals surface area contributed by atoms with Crippen LogP contribution in [0.25, 0.3) is 0 Å². The van der Waals surface area contributed by atoms with Crippen molar-refractivity contribution in [1.29, 1.82) is 0 Å². The van der Waals surface area contributed by atoms with Crippen LogP contribution >= 0.6 is 0 Å². The molecule has 0 fully saturated rings. The molecule has 5 heterocycles.